The van der Waals surface area contributed by atoms with E-state index in [4.69, 9.17) is 9.47 Å². The summed E-state index contributed by atoms with van der Waals surface area (Å²) < 4.78 is 10.9. The van der Waals surface area contributed by atoms with Gasteiger partial charge in [-0.2, -0.15) is 5.10 Å². The molecular weight excluding hydrogens is 368 g/mol. The van der Waals surface area contributed by atoms with Crippen molar-refractivity contribution < 1.29 is 14.3 Å². The van der Waals surface area contributed by atoms with Gasteiger partial charge in [-0.1, -0.05) is 0 Å². The molecule has 0 radical (unpaired) electrons. The second-order valence-electron chi connectivity index (χ2n) is 8.04. The molecule has 1 aliphatic heterocycles. The highest BCUT2D eigenvalue weighted by molar-refractivity contribution is 6.06. The summed E-state index contributed by atoms with van der Waals surface area (Å²) in [6.45, 7) is 3.36. The average Bonchev–Trinajstić information content (AvgIpc) is 3.37. The number of hydrazone groups is 1. The highest BCUT2D eigenvalue weighted by atomic mass is 16.5. The first-order chi connectivity index (χ1) is 14.2. The summed E-state index contributed by atoms with van der Waals surface area (Å²) >= 11 is 0. The van der Waals surface area contributed by atoms with Gasteiger partial charge >= 0.3 is 0 Å². The maximum absolute atomic E-state index is 13.1. The Balaban J connectivity index is 1.44. The molecule has 0 spiro atoms. The molecule has 1 aromatic heterocycles. The lowest BCUT2D eigenvalue weighted by atomic mass is 9.91. The number of nitrogens with one attached hydrogen (secondary N) is 3. The largest absolute Gasteiger partial charge is 0.382 e. The fraction of sp³-hybridized carbons (Fsp3) is 0.545. The standard InChI is InChI=1S/C22H30N4O3/c1-14-20(13-24-26-14)16-11-15-7-8-23-21(15)19(12-16)22(27)25-17-3-5-18(6-4-17)29-10-9-28-2/h7-8,11-14,17-18,20,23,26H,3-6,9-10H2,1-2H3,(H,25,27). The Morgan fingerprint density at radius 1 is 1.24 bits per heavy atom. The quantitative estimate of drug-likeness (QED) is 0.626. The van der Waals surface area contributed by atoms with Gasteiger partial charge in [0.05, 0.1) is 36.4 Å². The van der Waals surface area contributed by atoms with Gasteiger partial charge in [-0.15, -0.1) is 0 Å². The molecule has 7 nitrogen and oxygen atoms in total. The molecule has 7 heteroatoms. The molecule has 4 rings (SSSR count). The Kier molecular flexibility index (Phi) is 6.16. The second kappa shape index (κ2) is 8.97. The molecule has 1 fully saturated rings. The smallest absolute Gasteiger partial charge is 0.253 e. The molecule has 2 heterocycles. The molecule has 2 atom stereocenters. The van der Waals surface area contributed by atoms with E-state index in [1.807, 2.05) is 24.5 Å². The fourth-order valence-electron chi connectivity index (χ4n) is 4.33. The summed E-state index contributed by atoms with van der Waals surface area (Å²) in [5.41, 5.74) is 5.79. The highest BCUT2D eigenvalue weighted by Crippen LogP contribution is 2.28. The third-order valence-electron chi connectivity index (χ3n) is 6.01. The van der Waals surface area contributed by atoms with Crippen LogP contribution in [0, 0.1) is 0 Å². The van der Waals surface area contributed by atoms with Crippen LogP contribution < -0.4 is 10.7 Å². The van der Waals surface area contributed by atoms with Crippen LogP contribution in [0.25, 0.3) is 10.9 Å². The van der Waals surface area contributed by atoms with Gasteiger partial charge in [0.2, 0.25) is 0 Å². The lowest BCUT2D eigenvalue weighted by Crippen LogP contribution is -2.39. The van der Waals surface area contributed by atoms with E-state index >= 15 is 0 Å². The van der Waals surface area contributed by atoms with E-state index in [9.17, 15) is 4.79 Å². The van der Waals surface area contributed by atoms with Gasteiger partial charge in [0.15, 0.2) is 0 Å². The van der Waals surface area contributed by atoms with Gasteiger partial charge < -0.3 is 25.2 Å². The van der Waals surface area contributed by atoms with Crippen LogP contribution in [0.5, 0.6) is 0 Å². The number of aromatic nitrogens is 1. The average molecular weight is 399 g/mol. The minimum atomic E-state index is -0.0152. The maximum atomic E-state index is 13.1. The molecule has 1 saturated carbocycles. The number of hydrogen-bond acceptors (Lipinski definition) is 5. The molecule has 3 N–H and O–H groups in total. The van der Waals surface area contributed by atoms with E-state index in [-0.39, 0.29) is 30.0 Å². The normalized spacial score (nSPS) is 26.6. The molecule has 0 bridgehead atoms. The zero-order valence-electron chi connectivity index (χ0n) is 17.1. The molecular formula is C22H30N4O3. The number of methoxy groups -OCH3 is 1. The third kappa shape index (κ3) is 4.46. The van der Waals surface area contributed by atoms with Crippen LogP contribution in [0.2, 0.25) is 0 Å². The van der Waals surface area contributed by atoms with Gasteiger partial charge in [0, 0.05) is 36.9 Å². The van der Waals surface area contributed by atoms with Crippen LogP contribution in [0.4, 0.5) is 0 Å². The number of nitrogens with zero attached hydrogens (tertiary/aromatic N) is 1. The van der Waals surface area contributed by atoms with E-state index in [0.29, 0.717) is 18.8 Å². The number of carbonyl (C=O) groups is 1. The van der Waals surface area contributed by atoms with E-state index in [1.165, 1.54) is 0 Å². The Bertz CT molecular complexity index is 870. The summed E-state index contributed by atoms with van der Waals surface area (Å²) in [6, 6.07) is 6.57. The minimum Gasteiger partial charge on any atom is -0.382 e. The highest BCUT2D eigenvalue weighted by Gasteiger charge is 2.26. The van der Waals surface area contributed by atoms with Crippen LogP contribution in [0.15, 0.2) is 29.5 Å². The lowest BCUT2D eigenvalue weighted by Gasteiger charge is -2.29. The summed E-state index contributed by atoms with van der Waals surface area (Å²) in [7, 11) is 1.68. The van der Waals surface area contributed by atoms with Gasteiger partial charge in [0.25, 0.3) is 5.91 Å². The number of fused-ring (bicyclic) bond motifs is 1. The lowest BCUT2D eigenvalue weighted by molar-refractivity contribution is -0.00408. The molecule has 2 unspecified atom stereocenters. The number of aromatic amines is 1. The molecule has 2 aromatic rings. The van der Waals surface area contributed by atoms with Crippen molar-refractivity contribution in [1.29, 1.82) is 0 Å². The van der Waals surface area contributed by atoms with Crippen LogP contribution in [-0.2, 0) is 9.47 Å². The predicted octanol–water partition coefficient (Wildman–Crippen LogP) is 2.93. The first kappa shape index (κ1) is 19.9. The molecule has 0 saturated heterocycles. The van der Waals surface area contributed by atoms with Crippen LogP contribution in [0.3, 0.4) is 0 Å². The van der Waals surface area contributed by atoms with E-state index in [2.05, 4.69) is 33.8 Å². The Morgan fingerprint density at radius 3 is 2.79 bits per heavy atom. The van der Waals surface area contributed by atoms with Gasteiger partial charge in [-0.25, -0.2) is 0 Å². The van der Waals surface area contributed by atoms with Crippen LogP contribution >= 0.6 is 0 Å². The fourth-order valence-corrected chi connectivity index (χ4v) is 4.33. The summed E-state index contributed by atoms with van der Waals surface area (Å²) in [4.78, 5) is 16.4. The van der Waals surface area contributed by atoms with Crippen molar-refractivity contribution in [3.05, 3.63) is 35.5 Å². The van der Waals surface area contributed by atoms with Crippen molar-refractivity contribution in [2.24, 2.45) is 5.10 Å². The van der Waals surface area contributed by atoms with E-state index in [0.717, 1.165) is 42.1 Å². The minimum absolute atomic E-state index is 0.0152. The number of H-pyrrole nitrogens is 1. The Labute approximate surface area is 171 Å². The third-order valence-corrected chi connectivity index (χ3v) is 6.01. The maximum Gasteiger partial charge on any atom is 0.253 e. The molecule has 1 amide bonds. The summed E-state index contributed by atoms with van der Waals surface area (Å²) in [5.74, 6) is 0.152. The molecule has 1 aliphatic carbocycles. The van der Waals surface area contributed by atoms with Crippen molar-refractivity contribution in [1.82, 2.24) is 15.7 Å². The van der Waals surface area contributed by atoms with E-state index in [1.54, 1.807) is 7.11 Å². The monoisotopic (exact) mass is 398 g/mol. The molecule has 1 aromatic carbocycles. The summed E-state index contributed by atoms with van der Waals surface area (Å²) in [5, 5.41) is 8.49. The SMILES string of the molecule is COCCOC1CCC(NC(=O)c2cc(C3C=NNC3C)cc3cc[nH]c23)CC1. The number of hydrogen-bond donors (Lipinski definition) is 3. The number of ether oxygens (including phenoxy) is 2. The van der Waals surface area contributed by atoms with Crippen molar-refractivity contribution in [2.75, 3.05) is 20.3 Å². The van der Waals surface area contributed by atoms with Gasteiger partial charge in [-0.05, 0) is 56.4 Å². The zero-order valence-corrected chi connectivity index (χ0v) is 17.1. The second-order valence-corrected chi connectivity index (χ2v) is 8.04. The van der Waals surface area contributed by atoms with Crippen molar-refractivity contribution in [2.45, 2.75) is 56.7 Å². The molecule has 156 valence electrons. The van der Waals surface area contributed by atoms with Crippen LogP contribution in [-0.4, -0.2) is 55.6 Å². The number of rotatable bonds is 7. The first-order valence-corrected chi connectivity index (χ1v) is 10.5. The predicted molar refractivity (Wildman–Crippen MR) is 113 cm³/mol. The number of amides is 1. The summed E-state index contributed by atoms with van der Waals surface area (Å²) in [6.07, 6.45) is 7.89. The van der Waals surface area contributed by atoms with Gasteiger partial charge in [0.1, 0.15) is 0 Å². The Hall–Kier alpha value is -2.38. The van der Waals surface area contributed by atoms with Crippen LogP contribution in [0.1, 0.15) is 54.4 Å². The number of carbonyl (C=O) groups excluding carboxylic acids is 1. The van der Waals surface area contributed by atoms with Crippen molar-refractivity contribution in [3.63, 3.8) is 0 Å². The Morgan fingerprint density at radius 2 is 2.07 bits per heavy atom. The number of benzene rings is 1. The topological polar surface area (TPSA) is 87.7 Å². The van der Waals surface area contributed by atoms with Crippen molar-refractivity contribution in [3.8, 4) is 0 Å². The molecule has 2 aliphatic rings. The van der Waals surface area contributed by atoms with E-state index < -0.39 is 0 Å². The zero-order chi connectivity index (χ0) is 20.2. The van der Waals surface area contributed by atoms with Gasteiger partial charge in [-0.3, -0.25) is 4.79 Å². The first-order valence-electron chi connectivity index (χ1n) is 10.5. The molecule has 29 heavy (non-hydrogen) atoms. The van der Waals surface area contributed by atoms with Crippen molar-refractivity contribution >= 4 is 23.0 Å².